The number of hydrogen-bond acceptors (Lipinski definition) is 5. The van der Waals surface area contributed by atoms with E-state index in [9.17, 15) is 10.1 Å². The molecule has 0 saturated carbocycles. The number of pyridine rings is 1. The topological polar surface area (TPSA) is 77.3 Å². The molecule has 1 aliphatic heterocycles. The highest BCUT2D eigenvalue weighted by molar-refractivity contribution is 5.28. The van der Waals surface area contributed by atoms with Gasteiger partial charge in [0.05, 0.1) is 11.5 Å². The first-order valence-electron chi connectivity index (χ1n) is 5.19. The van der Waals surface area contributed by atoms with Crippen LogP contribution in [0, 0.1) is 16.0 Å². The van der Waals surface area contributed by atoms with Crippen LogP contribution < -0.4 is 10.1 Å². The third kappa shape index (κ3) is 2.66. The van der Waals surface area contributed by atoms with Crippen LogP contribution in [0.2, 0.25) is 0 Å². The van der Waals surface area contributed by atoms with Crippen molar-refractivity contribution >= 4 is 5.69 Å². The Hall–Kier alpha value is -1.69. The fourth-order valence-corrected chi connectivity index (χ4v) is 1.63. The van der Waals surface area contributed by atoms with Crippen molar-refractivity contribution < 1.29 is 9.66 Å². The third-order valence-corrected chi connectivity index (χ3v) is 2.56. The smallest absolute Gasteiger partial charge is 0.287 e. The van der Waals surface area contributed by atoms with Gasteiger partial charge in [-0.2, -0.15) is 0 Å². The van der Waals surface area contributed by atoms with Crippen LogP contribution in [0.25, 0.3) is 0 Å². The summed E-state index contributed by atoms with van der Waals surface area (Å²) < 4.78 is 5.45. The molecule has 1 atom stereocenters. The number of nitrogens with zero attached hydrogens (tertiary/aromatic N) is 2. The second-order valence-electron chi connectivity index (χ2n) is 3.78. The monoisotopic (exact) mass is 223 g/mol. The summed E-state index contributed by atoms with van der Waals surface area (Å²) in [5.74, 6) is 0.953. The standard InChI is InChI=1S/C10H13N3O3/c14-13(15)9-1-2-10(12-6-9)16-7-8-3-4-11-5-8/h1-2,6,8,11H,3-5,7H2. The molecule has 2 rings (SSSR count). The molecule has 6 nitrogen and oxygen atoms in total. The second-order valence-corrected chi connectivity index (χ2v) is 3.78. The van der Waals surface area contributed by atoms with Crippen LogP contribution in [0.5, 0.6) is 5.88 Å². The summed E-state index contributed by atoms with van der Waals surface area (Å²) in [5.41, 5.74) is -0.0186. The molecular weight excluding hydrogens is 210 g/mol. The number of rotatable bonds is 4. The molecule has 1 unspecified atom stereocenters. The van der Waals surface area contributed by atoms with Crippen LogP contribution >= 0.6 is 0 Å². The summed E-state index contributed by atoms with van der Waals surface area (Å²) in [6, 6.07) is 2.93. The summed E-state index contributed by atoms with van der Waals surface area (Å²) in [7, 11) is 0. The molecule has 86 valence electrons. The molecule has 6 heteroatoms. The van der Waals surface area contributed by atoms with Gasteiger partial charge >= 0.3 is 0 Å². The predicted octanol–water partition coefficient (Wildman–Crippen LogP) is 0.978. The molecule has 1 aromatic heterocycles. The summed E-state index contributed by atoms with van der Waals surface area (Å²) in [5, 5.41) is 13.6. The van der Waals surface area contributed by atoms with Gasteiger partial charge in [0, 0.05) is 24.6 Å². The van der Waals surface area contributed by atoms with Gasteiger partial charge in [0.1, 0.15) is 6.20 Å². The van der Waals surface area contributed by atoms with E-state index in [1.54, 1.807) is 0 Å². The largest absolute Gasteiger partial charge is 0.477 e. The Bertz CT molecular complexity index is 360. The minimum atomic E-state index is -0.475. The summed E-state index contributed by atoms with van der Waals surface area (Å²) >= 11 is 0. The van der Waals surface area contributed by atoms with Gasteiger partial charge in [-0.25, -0.2) is 4.98 Å². The fraction of sp³-hybridized carbons (Fsp3) is 0.500. The molecule has 0 aromatic carbocycles. The number of ether oxygens (including phenoxy) is 1. The van der Waals surface area contributed by atoms with Gasteiger partial charge in [-0.05, 0) is 13.0 Å². The molecule has 0 radical (unpaired) electrons. The zero-order valence-corrected chi connectivity index (χ0v) is 8.76. The first-order valence-corrected chi connectivity index (χ1v) is 5.19. The second kappa shape index (κ2) is 4.89. The Morgan fingerprint density at radius 2 is 2.50 bits per heavy atom. The highest BCUT2D eigenvalue weighted by Crippen LogP contribution is 2.15. The molecular formula is C10H13N3O3. The molecule has 0 spiro atoms. The Labute approximate surface area is 92.8 Å². The van der Waals surface area contributed by atoms with Crippen LogP contribution in [0.1, 0.15) is 6.42 Å². The van der Waals surface area contributed by atoms with Crippen LogP contribution in [-0.2, 0) is 0 Å². The first kappa shape index (κ1) is 10.8. The van der Waals surface area contributed by atoms with Crippen molar-refractivity contribution in [1.29, 1.82) is 0 Å². The van der Waals surface area contributed by atoms with E-state index in [4.69, 9.17) is 4.74 Å². The highest BCUT2D eigenvalue weighted by Gasteiger charge is 2.15. The summed E-state index contributed by atoms with van der Waals surface area (Å²) in [4.78, 5) is 13.8. The van der Waals surface area contributed by atoms with E-state index >= 15 is 0 Å². The number of nitrogens with one attached hydrogen (secondary N) is 1. The van der Waals surface area contributed by atoms with E-state index in [2.05, 4.69) is 10.3 Å². The van der Waals surface area contributed by atoms with Gasteiger partial charge in [0.2, 0.25) is 5.88 Å². The summed E-state index contributed by atoms with van der Waals surface area (Å²) in [6.45, 7) is 2.60. The van der Waals surface area contributed by atoms with Crippen LogP contribution in [0.15, 0.2) is 18.3 Å². The zero-order valence-electron chi connectivity index (χ0n) is 8.76. The SMILES string of the molecule is O=[N+]([O-])c1ccc(OCC2CCNC2)nc1. The minimum Gasteiger partial charge on any atom is -0.477 e. The maximum absolute atomic E-state index is 10.4. The van der Waals surface area contributed by atoms with Crippen LogP contribution in [-0.4, -0.2) is 29.6 Å². The van der Waals surface area contributed by atoms with Crippen molar-refractivity contribution in [2.45, 2.75) is 6.42 Å². The molecule has 1 aliphatic rings. The Morgan fingerprint density at radius 1 is 1.62 bits per heavy atom. The number of aromatic nitrogens is 1. The molecule has 1 N–H and O–H groups in total. The molecule has 0 amide bonds. The van der Waals surface area contributed by atoms with E-state index < -0.39 is 4.92 Å². The number of nitro groups is 1. The lowest BCUT2D eigenvalue weighted by Crippen LogP contribution is -2.15. The fourth-order valence-electron chi connectivity index (χ4n) is 1.63. The molecule has 2 heterocycles. The molecule has 1 aromatic rings. The van der Waals surface area contributed by atoms with E-state index in [1.807, 2.05) is 0 Å². The molecule has 1 saturated heterocycles. The molecule has 1 fully saturated rings. The van der Waals surface area contributed by atoms with Crippen molar-refractivity contribution in [1.82, 2.24) is 10.3 Å². The summed E-state index contributed by atoms with van der Waals surface area (Å²) in [6.07, 6.45) is 2.31. The Balaban J connectivity index is 1.87. The van der Waals surface area contributed by atoms with E-state index in [0.717, 1.165) is 19.5 Å². The normalized spacial score (nSPS) is 19.6. The van der Waals surface area contributed by atoms with Gasteiger partial charge < -0.3 is 10.1 Å². The predicted molar refractivity (Wildman–Crippen MR) is 57.4 cm³/mol. The lowest BCUT2D eigenvalue weighted by Gasteiger charge is -2.09. The quantitative estimate of drug-likeness (QED) is 0.608. The Morgan fingerprint density at radius 3 is 3.06 bits per heavy atom. The zero-order chi connectivity index (χ0) is 11.4. The van der Waals surface area contributed by atoms with Gasteiger partial charge in [0.15, 0.2) is 0 Å². The lowest BCUT2D eigenvalue weighted by molar-refractivity contribution is -0.385. The van der Waals surface area contributed by atoms with Gasteiger partial charge in [-0.15, -0.1) is 0 Å². The average Bonchev–Trinajstić information content (AvgIpc) is 2.80. The van der Waals surface area contributed by atoms with Gasteiger partial charge in [-0.1, -0.05) is 0 Å². The van der Waals surface area contributed by atoms with E-state index in [-0.39, 0.29) is 5.69 Å². The van der Waals surface area contributed by atoms with E-state index in [0.29, 0.717) is 18.4 Å². The van der Waals surface area contributed by atoms with Crippen molar-refractivity contribution in [3.8, 4) is 5.88 Å². The van der Waals surface area contributed by atoms with Crippen LogP contribution in [0.4, 0.5) is 5.69 Å². The third-order valence-electron chi connectivity index (χ3n) is 2.56. The van der Waals surface area contributed by atoms with Crippen LogP contribution in [0.3, 0.4) is 0 Å². The number of hydrogen-bond donors (Lipinski definition) is 1. The molecule has 16 heavy (non-hydrogen) atoms. The van der Waals surface area contributed by atoms with E-state index in [1.165, 1.54) is 18.3 Å². The highest BCUT2D eigenvalue weighted by atomic mass is 16.6. The molecule has 0 bridgehead atoms. The molecule has 0 aliphatic carbocycles. The van der Waals surface area contributed by atoms with Crippen molar-refractivity contribution in [3.63, 3.8) is 0 Å². The van der Waals surface area contributed by atoms with Crippen molar-refractivity contribution in [2.75, 3.05) is 19.7 Å². The minimum absolute atomic E-state index is 0.0186. The lowest BCUT2D eigenvalue weighted by atomic mass is 10.1. The maximum Gasteiger partial charge on any atom is 0.287 e. The average molecular weight is 223 g/mol. The first-order chi connectivity index (χ1) is 7.75. The van der Waals surface area contributed by atoms with Crippen molar-refractivity contribution in [2.24, 2.45) is 5.92 Å². The van der Waals surface area contributed by atoms with Crippen molar-refractivity contribution in [3.05, 3.63) is 28.4 Å². The Kier molecular flexibility index (Phi) is 3.31. The van der Waals surface area contributed by atoms with Gasteiger partial charge in [-0.3, -0.25) is 10.1 Å². The van der Waals surface area contributed by atoms with Gasteiger partial charge in [0.25, 0.3) is 5.69 Å². The maximum atomic E-state index is 10.4.